The lowest BCUT2D eigenvalue weighted by molar-refractivity contribution is -0.144. The Kier molecular flexibility index (Phi) is 12.5. The molecule has 3 aromatic carbocycles. The summed E-state index contributed by atoms with van der Waals surface area (Å²) in [6.45, 7) is 9.38. The molecular formula is C44H49ClN4O6. The summed E-state index contributed by atoms with van der Waals surface area (Å²) in [7, 11) is 0. The maximum atomic E-state index is 12.1. The van der Waals surface area contributed by atoms with Crippen LogP contribution in [0.15, 0.2) is 73.1 Å². The molecule has 2 atom stereocenters. The van der Waals surface area contributed by atoms with E-state index in [1.165, 1.54) is 19.0 Å². The third-order valence-electron chi connectivity index (χ3n) is 11.3. The van der Waals surface area contributed by atoms with Gasteiger partial charge in [0.25, 0.3) is 0 Å². The first-order valence-corrected chi connectivity index (χ1v) is 19.7. The van der Waals surface area contributed by atoms with Crippen LogP contribution in [0.3, 0.4) is 0 Å². The number of piperidine rings is 1. The van der Waals surface area contributed by atoms with Gasteiger partial charge in [0.05, 0.1) is 23.8 Å². The lowest BCUT2D eigenvalue weighted by Crippen LogP contribution is -2.44. The number of pyridine rings is 1. The number of carboxylic acid groups (broad SMARTS) is 1. The molecule has 1 unspecified atom stereocenters. The highest BCUT2D eigenvalue weighted by Crippen LogP contribution is 2.39. The maximum Gasteiger partial charge on any atom is 0.320 e. The highest BCUT2D eigenvalue weighted by Gasteiger charge is 2.40. The van der Waals surface area contributed by atoms with Gasteiger partial charge in [-0.3, -0.25) is 14.7 Å². The molecule has 1 aromatic heterocycles. The van der Waals surface area contributed by atoms with Crippen molar-refractivity contribution in [1.29, 1.82) is 5.26 Å². The number of carbonyl (C=O) groups is 1. The van der Waals surface area contributed by atoms with Crippen molar-refractivity contribution < 1.29 is 28.8 Å². The maximum absolute atomic E-state index is 12.1. The average Bonchev–Trinajstić information content (AvgIpc) is 3.84. The van der Waals surface area contributed by atoms with Crippen LogP contribution < -0.4 is 14.2 Å². The Morgan fingerprint density at radius 3 is 2.73 bits per heavy atom. The average molecular weight is 765 g/mol. The second kappa shape index (κ2) is 17.9. The van der Waals surface area contributed by atoms with E-state index in [0.717, 1.165) is 91.2 Å². The van der Waals surface area contributed by atoms with Crippen LogP contribution >= 0.6 is 11.6 Å². The third-order valence-corrected chi connectivity index (χ3v) is 11.6. The molecule has 288 valence electrons. The van der Waals surface area contributed by atoms with Crippen LogP contribution in [0.2, 0.25) is 5.02 Å². The zero-order chi connectivity index (χ0) is 38.2. The van der Waals surface area contributed by atoms with E-state index in [4.69, 9.17) is 30.5 Å². The molecule has 0 saturated carbocycles. The summed E-state index contributed by atoms with van der Waals surface area (Å²) in [6.07, 6.45) is 8.97. The summed E-state index contributed by atoms with van der Waals surface area (Å²) in [5, 5.41) is 19.7. The molecule has 1 N–H and O–H groups in total. The summed E-state index contributed by atoms with van der Waals surface area (Å²) < 4.78 is 24.6. The van der Waals surface area contributed by atoms with Crippen LogP contribution in [0.25, 0.3) is 11.1 Å². The van der Waals surface area contributed by atoms with Crippen LogP contribution in [0.4, 0.5) is 0 Å². The first kappa shape index (κ1) is 38.6. The van der Waals surface area contributed by atoms with Crippen molar-refractivity contribution in [1.82, 2.24) is 14.8 Å². The van der Waals surface area contributed by atoms with Gasteiger partial charge in [-0.1, -0.05) is 48.4 Å². The monoisotopic (exact) mass is 764 g/mol. The zero-order valence-corrected chi connectivity index (χ0v) is 32.2. The van der Waals surface area contributed by atoms with Gasteiger partial charge < -0.3 is 29.0 Å². The minimum absolute atomic E-state index is 0.164. The number of halogens is 1. The molecule has 3 saturated heterocycles. The molecule has 11 heteroatoms. The molecule has 1 spiro atoms. The van der Waals surface area contributed by atoms with E-state index < -0.39 is 12.0 Å². The molecule has 3 aliphatic rings. The number of hydrogen-bond acceptors (Lipinski definition) is 9. The van der Waals surface area contributed by atoms with Gasteiger partial charge in [-0.05, 0) is 98.6 Å². The Morgan fingerprint density at radius 2 is 1.89 bits per heavy atom. The number of hydrogen-bond donors (Lipinski definition) is 1. The van der Waals surface area contributed by atoms with Gasteiger partial charge in [-0.15, -0.1) is 0 Å². The normalized spacial score (nSPS) is 20.1. The minimum atomic E-state index is -0.828. The Labute approximate surface area is 328 Å². The number of nitrogens with zero attached hydrogens (tertiary/aromatic N) is 4. The van der Waals surface area contributed by atoms with E-state index >= 15 is 0 Å². The van der Waals surface area contributed by atoms with Gasteiger partial charge in [0, 0.05) is 61.2 Å². The lowest BCUT2D eigenvalue weighted by atomic mass is 9.87. The van der Waals surface area contributed by atoms with Crippen LogP contribution in [0, 0.1) is 23.7 Å². The van der Waals surface area contributed by atoms with Gasteiger partial charge >= 0.3 is 5.97 Å². The molecule has 10 nitrogen and oxygen atoms in total. The summed E-state index contributed by atoms with van der Waals surface area (Å²) in [5.74, 6) is 1.02. The van der Waals surface area contributed by atoms with Crippen LogP contribution in [0.1, 0.15) is 66.3 Å². The molecule has 4 heterocycles. The van der Waals surface area contributed by atoms with Crippen LogP contribution in [-0.2, 0) is 29.3 Å². The minimum Gasteiger partial charge on any atom is -0.494 e. The molecule has 0 radical (unpaired) electrons. The van der Waals surface area contributed by atoms with E-state index in [2.05, 4.69) is 47.1 Å². The molecule has 4 aromatic rings. The molecule has 0 bridgehead atoms. The van der Waals surface area contributed by atoms with Gasteiger partial charge in [0.1, 0.15) is 42.6 Å². The van der Waals surface area contributed by atoms with Gasteiger partial charge in [0.15, 0.2) is 0 Å². The topological polar surface area (TPSA) is 117 Å². The van der Waals surface area contributed by atoms with E-state index in [0.29, 0.717) is 53.6 Å². The molecule has 3 fully saturated rings. The van der Waals surface area contributed by atoms with E-state index in [1.54, 1.807) is 18.3 Å². The van der Waals surface area contributed by atoms with Crippen molar-refractivity contribution in [3.05, 3.63) is 106 Å². The van der Waals surface area contributed by atoms with E-state index in [9.17, 15) is 15.2 Å². The molecule has 0 amide bonds. The molecule has 3 aliphatic heterocycles. The molecular weight excluding hydrogens is 716 g/mol. The van der Waals surface area contributed by atoms with Crippen LogP contribution in [0.5, 0.6) is 17.2 Å². The second-order valence-corrected chi connectivity index (χ2v) is 15.5. The molecule has 7 rings (SSSR count). The quantitative estimate of drug-likeness (QED) is 0.119. The fourth-order valence-electron chi connectivity index (χ4n) is 8.14. The summed E-state index contributed by atoms with van der Waals surface area (Å²) in [5.41, 5.74) is 6.60. The number of carboxylic acids is 1. The van der Waals surface area contributed by atoms with Crippen molar-refractivity contribution in [3.8, 4) is 34.4 Å². The standard InChI is InChI=1S/C44H49ClN4O6/c1-31-35(8-5-10-38(31)34-7-4-9-37(20-34)53-17-6-14-48-16-12-44(29-48)13-18-52-30-44)28-55-42-22-41(54-27-33-19-32(23-46)24-47-25-33)36(21-39(42)45)26-49-15-3-2-11-40(49)43(50)51/h4-5,7-10,19-22,24-25,40H,2-3,6,11-18,26-30H2,1H3,(H,50,51)/t40-,44?/m0/s1. The van der Waals surface area contributed by atoms with E-state index in [-0.39, 0.29) is 13.2 Å². The molecule has 55 heavy (non-hydrogen) atoms. The highest BCUT2D eigenvalue weighted by molar-refractivity contribution is 6.32. The lowest BCUT2D eigenvalue weighted by Gasteiger charge is -2.33. The predicted octanol–water partition coefficient (Wildman–Crippen LogP) is 8.06. The first-order valence-electron chi connectivity index (χ1n) is 19.3. The fraction of sp³-hybridized carbons (Fsp3) is 0.432. The Bertz CT molecular complexity index is 2010. The summed E-state index contributed by atoms with van der Waals surface area (Å²) >= 11 is 6.86. The van der Waals surface area contributed by atoms with Crippen molar-refractivity contribution in [3.63, 3.8) is 0 Å². The second-order valence-electron chi connectivity index (χ2n) is 15.1. The van der Waals surface area contributed by atoms with Crippen molar-refractivity contribution in [2.75, 3.05) is 46.0 Å². The summed E-state index contributed by atoms with van der Waals surface area (Å²) in [6, 6.07) is 21.3. The number of likely N-dealkylation sites (tertiary alicyclic amines) is 2. The number of aliphatic carboxylic acids is 1. The number of rotatable bonds is 15. The zero-order valence-electron chi connectivity index (χ0n) is 31.5. The van der Waals surface area contributed by atoms with Crippen molar-refractivity contribution >= 4 is 17.6 Å². The SMILES string of the molecule is Cc1c(COc2cc(OCc3cncc(C#N)c3)c(CN3CCCC[C@H]3C(=O)O)cc2Cl)cccc1-c1cccc(OCCCN2CCC3(CCOC3)C2)c1. The highest BCUT2D eigenvalue weighted by atomic mass is 35.5. The smallest absolute Gasteiger partial charge is 0.320 e. The van der Waals surface area contributed by atoms with Crippen LogP contribution in [-0.4, -0.2) is 77.9 Å². The first-order chi connectivity index (χ1) is 26.8. The number of benzene rings is 3. The largest absolute Gasteiger partial charge is 0.494 e. The fourth-order valence-corrected chi connectivity index (χ4v) is 8.38. The summed E-state index contributed by atoms with van der Waals surface area (Å²) in [4.78, 5) is 20.8. The van der Waals surface area contributed by atoms with Crippen molar-refractivity contribution in [2.24, 2.45) is 5.41 Å². The van der Waals surface area contributed by atoms with Gasteiger partial charge in [-0.2, -0.15) is 5.26 Å². The third kappa shape index (κ3) is 9.60. The number of aromatic nitrogens is 1. The Hall–Kier alpha value is -4.66. The van der Waals surface area contributed by atoms with E-state index in [1.807, 2.05) is 29.2 Å². The number of ether oxygens (including phenoxy) is 4. The van der Waals surface area contributed by atoms with Crippen molar-refractivity contribution in [2.45, 2.75) is 71.2 Å². The Morgan fingerprint density at radius 1 is 1.02 bits per heavy atom. The number of nitriles is 1. The predicted molar refractivity (Wildman–Crippen MR) is 210 cm³/mol. The molecule has 0 aliphatic carbocycles. The Balaban J connectivity index is 1.02. The van der Waals surface area contributed by atoms with Gasteiger partial charge in [-0.25, -0.2) is 0 Å². The van der Waals surface area contributed by atoms with Gasteiger partial charge in [0.2, 0.25) is 0 Å².